The van der Waals surface area contributed by atoms with Gasteiger partial charge >= 0.3 is 35.8 Å². The Balaban J connectivity index is 0.000000293. The summed E-state index contributed by atoms with van der Waals surface area (Å²) in [5, 5.41) is 26.0. The van der Waals surface area contributed by atoms with Crippen LogP contribution in [-0.4, -0.2) is 74.0 Å². The number of nitrogens with zero attached hydrogens (tertiary/aromatic N) is 2. The van der Waals surface area contributed by atoms with Gasteiger partial charge in [-0.3, -0.25) is 9.59 Å². The highest BCUT2D eigenvalue weighted by Crippen LogP contribution is 2.20. The fourth-order valence-corrected chi connectivity index (χ4v) is 3.64. The van der Waals surface area contributed by atoms with E-state index in [1.807, 2.05) is 0 Å². The van der Waals surface area contributed by atoms with Crippen molar-refractivity contribution < 1.29 is 67.8 Å². The molecular formula is C34H31ClN2O14. The number of hydrogen-bond acceptors (Lipinski definition) is 15. The molecule has 0 unspecified atom stereocenters. The van der Waals surface area contributed by atoms with E-state index in [-0.39, 0.29) is 53.3 Å². The number of alkyl halides is 1. The first-order chi connectivity index (χ1) is 24.4. The van der Waals surface area contributed by atoms with Gasteiger partial charge < -0.3 is 39.0 Å². The van der Waals surface area contributed by atoms with Crippen LogP contribution in [0.5, 0.6) is 11.5 Å². The van der Waals surface area contributed by atoms with Crippen LogP contribution >= 0.6 is 11.6 Å². The molecule has 4 rings (SSSR count). The molecule has 17 heteroatoms. The van der Waals surface area contributed by atoms with Crippen LogP contribution in [0.1, 0.15) is 66.9 Å². The zero-order valence-electron chi connectivity index (χ0n) is 27.0. The molecule has 0 amide bonds. The summed E-state index contributed by atoms with van der Waals surface area (Å²) in [7, 11) is 0. The van der Waals surface area contributed by atoms with Crippen molar-refractivity contribution in [1.82, 2.24) is 9.97 Å². The molecule has 0 saturated carbocycles. The highest BCUT2D eigenvalue weighted by Gasteiger charge is 2.17. The zero-order valence-corrected chi connectivity index (χ0v) is 27.8. The van der Waals surface area contributed by atoms with E-state index in [0.717, 1.165) is 0 Å². The van der Waals surface area contributed by atoms with Gasteiger partial charge in [-0.2, -0.15) is 0 Å². The molecule has 0 saturated heterocycles. The summed E-state index contributed by atoms with van der Waals surface area (Å²) in [6.07, 6.45) is 0. The summed E-state index contributed by atoms with van der Waals surface area (Å²) in [5.41, 5.74) is 0.800. The lowest BCUT2D eigenvalue weighted by molar-refractivity contribution is -0.132. The maximum atomic E-state index is 12.0. The van der Waals surface area contributed by atoms with E-state index in [0.29, 0.717) is 11.4 Å². The molecule has 268 valence electrons. The number of carboxylic acids is 1. The topological polar surface area (TPSA) is 235 Å². The number of carbonyl (C=O) groups is 6. The van der Waals surface area contributed by atoms with E-state index in [1.54, 1.807) is 42.5 Å². The van der Waals surface area contributed by atoms with Crippen molar-refractivity contribution in [3.63, 3.8) is 0 Å². The highest BCUT2D eigenvalue weighted by atomic mass is 35.5. The van der Waals surface area contributed by atoms with Crippen molar-refractivity contribution in [3.05, 3.63) is 119 Å². The van der Waals surface area contributed by atoms with Crippen LogP contribution < -0.4 is 9.47 Å². The van der Waals surface area contributed by atoms with Crippen molar-refractivity contribution in [3.8, 4) is 11.5 Å². The van der Waals surface area contributed by atoms with Gasteiger partial charge in [0, 0.05) is 13.8 Å². The number of pyridine rings is 2. The summed E-state index contributed by atoms with van der Waals surface area (Å²) < 4.78 is 24.0. The van der Waals surface area contributed by atoms with Gasteiger partial charge in [-0.1, -0.05) is 48.0 Å². The smallest absolute Gasteiger partial charge is 0.359 e. The number of rotatable bonds is 11. The number of halogens is 1. The molecule has 0 aliphatic heterocycles. The first-order valence-corrected chi connectivity index (χ1v) is 14.9. The summed E-state index contributed by atoms with van der Waals surface area (Å²) in [6, 6.07) is 21.0. The third-order valence-electron chi connectivity index (χ3n) is 5.65. The number of aromatic carboxylic acids is 1. The molecular weight excluding hydrogens is 696 g/mol. The van der Waals surface area contributed by atoms with Crippen LogP contribution in [0, 0.1) is 0 Å². The van der Waals surface area contributed by atoms with Gasteiger partial charge in [-0.25, -0.2) is 29.1 Å². The lowest BCUT2D eigenvalue weighted by atomic mass is 10.2. The molecule has 2 aromatic carbocycles. The second kappa shape index (κ2) is 21.7. The second-order valence-corrected chi connectivity index (χ2v) is 9.57. The number of ether oxygens (including phenoxy) is 5. The van der Waals surface area contributed by atoms with Crippen LogP contribution in [0.4, 0.5) is 0 Å². The zero-order chi connectivity index (χ0) is 37.8. The van der Waals surface area contributed by atoms with Crippen molar-refractivity contribution in [1.29, 1.82) is 0 Å². The van der Waals surface area contributed by atoms with Crippen molar-refractivity contribution >= 4 is 47.4 Å². The maximum Gasteiger partial charge on any atom is 0.359 e. The monoisotopic (exact) mass is 726 g/mol. The van der Waals surface area contributed by atoms with Crippen LogP contribution in [0.25, 0.3) is 0 Å². The molecule has 0 aliphatic rings. The Morgan fingerprint density at radius 1 is 0.588 bits per heavy atom. The number of carbonyl (C=O) groups excluding carboxylic acids is 5. The van der Waals surface area contributed by atoms with E-state index in [9.17, 15) is 28.8 Å². The molecule has 2 aromatic heterocycles. The number of aliphatic hydroxyl groups is 2. The molecule has 0 fully saturated rings. The average molecular weight is 727 g/mol. The minimum Gasteiger partial charge on any atom is -0.477 e. The Morgan fingerprint density at radius 3 is 1.47 bits per heavy atom. The minimum absolute atomic E-state index is 0.0224. The van der Waals surface area contributed by atoms with Crippen LogP contribution in [-0.2, 0) is 37.0 Å². The number of aromatic nitrogens is 2. The normalized spacial score (nSPS) is 9.75. The first-order valence-electron chi connectivity index (χ1n) is 14.4. The molecule has 3 N–H and O–H groups in total. The average Bonchev–Trinajstić information content (AvgIpc) is 3.12. The summed E-state index contributed by atoms with van der Waals surface area (Å²) in [5.74, 6) is -4.20. The van der Waals surface area contributed by atoms with Crippen LogP contribution in [0.2, 0.25) is 0 Å². The van der Waals surface area contributed by atoms with E-state index in [1.165, 1.54) is 56.3 Å². The van der Waals surface area contributed by atoms with Crippen LogP contribution in [0.15, 0.2) is 84.9 Å². The van der Waals surface area contributed by atoms with E-state index in [2.05, 4.69) is 14.7 Å². The Morgan fingerprint density at radius 2 is 1.02 bits per heavy atom. The number of aliphatic hydroxyl groups excluding tert-OH is 2. The van der Waals surface area contributed by atoms with E-state index < -0.39 is 42.6 Å². The summed E-state index contributed by atoms with van der Waals surface area (Å²) >= 11 is 5.25. The lowest BCUT2D eigenvalue weighted by Crippen LogP contribution is -2.15. The Labute approximate surface area is 295 Å². The summed E-state index contributed by atoms with van der Waals surface area (Å²) in [4.78, 5) is 74.8. The second-order valence-electron chi connectivity index (χ2n) is 9.35. The van der Waals surface area contributed by atoms with E-state index >= 15 is 0 Å². The fourth-order valence-electron chi connectivity index (χ4n) is 3.54. The SMILES string of the molecule is CC(=O)Oc1ccccc1C(=O)OCCl.CC(=O)Oc1ccccc1C(=O)OCOC(=O)c1cccc(CO)n1.O=C(O)c1cccc(CO)n1. The Bertz CT molecular complexity index is 1830. The molecule has 0 bridgehead atoms. The number of para-hydroxylation sites is 2. The van der Waals surface area contributed by atoms with Gasteiger partial charge in [0.15, 0.2) is 6.07 Å². The van der Waals surface area contributed by atoms with Gasteiger partial charge in [-0.15, -0.1) is 0 Å². The molecule has 2 heterocycles. The Hall–Kier alpha value is -6.23. The number of benzene rings is 2. The molecule has 16 nitrogen and oxygen atoms in total. The lowest BCUT2D eigenvalue weighted by Gasteiger charge is -2.09. The largest absolute Gasteiger partial charge is 0.477 e. The number of hydrogen-bond donors (Lipinski definition) is 3. The first kappa shape index (κ1) is 40.9. The minimum atomic E-state index is -1.08. The molecule has 0 radical (unpaired) electrons. The standard InChI is InChI=1S/C17H15NO7.C10H9ClO4.C7H7NO3/c1-11(20)25-15-8-3-2-6-13(15)16(21)23-10-24-17(22)14-7-4-5-12(9-19)18-14;1-7(12)15-9-5-3-2-4-8(9)10(13)14-6-11;9-4-5-2-1-3-6(8-5)7(10)11/h2-8,19H,9-10H2,1H3;2-5H,6H2,1H3;1-3,9H,4H2,(H,10,11). The van der Waals surface area contributed by atoms with Crippen molar-refractivity contribution in [2.45, 2.75) is 27.1 Å². The van der Waals surface area contributed by atoms with Crippen LogP contribution in [0.3, 0.4) is 0 Å². The van der Waals surface area contributed by atoms with Crippen molar-refractivity contribution in [2.75, 3.05) is 12.9 Å². The van der Waals surface area contributed by atoms with E-state index in [4.69, 9.17) is 45.9 Å². The molecule has 0 spiro atoms. The van der Waals surface area contributed by atoms with Gasteiger partial charge in [0.05, 0.1) is 24.6 Å². The number of carboxylic acid groups (broad SMARTS) is 1. The van der Waals surface area contributed by atoms with Gasteiger partial charge in [-0.05, 0) is 48.5 Å². The third kappa shape index (κ3) is 14.4. The van der Waals surface area contributed by atoms with Gasteiger partial charge in [0.25, 0.3) is 0 Å². The van der Waals surface area contributed by atoms with Gasteiger partial charge in [0.2, 0.25) is 6.79 Å². The maximum absolute atomic E-state index is 12.0. The predicted molar refractivity (Wildman–Crippen MR) is 175 cm³/mol. The molecule has 0 atom stereocenters. The summed E-state index contributed by atoms with van der Waals surface area (Å²) in [6.45, 7) is 1.27. The van der Waals surface area contributed by atoms with Gasteiger partial charge in [0.1, 0.15) is 34.0 Å². The highest BCUT2D eigenvalue weighted by molar-refractivity contribution is 6.17. The molecule has 4 aromatic rings. The number of esters is 5. The third-order valence-corrected chi connectivity index (χ3v) is 5.76. The van der Waals surface area contributed by atoms with Crippen molar-refractivity contribution in [2.24, 2.45) is 0 Å². The quantitative estimate of drug-likeness (QED) is 0.0864. The predicted octanol–water partition coefficient (Wildman–Crippen LogP) is 3.71. The Kier molecular flexibility index (Phi) is 17.4. The molecule has 0 aliphatic carbocycles. The fraction of sp³-hybridized carbons (Fsp3) is 0.176. The molecule has 51 heavy (non-hydrogen) atoms.